The topological polar surface area (TPSA) is 47.0 Å². The zero-order chi connectivity index (χ0) is 10.9. The number of nitrogens with zero attached hydrogens (tertiary/aromatic N) is 1. The van der Waals surface area contributed by atoms with Gasteiger partial charge in [0, 0.05) is 16.9 Å². The van der Waals surface area contributed by atoms with Gasteiger partial charge in [0.05, 0.1) is 5.56 Å². The van der Waals surface area contributed by atoms with Crippen molar-refractivity contribution in [2.24, 2.45) is 0 Å². The molecule has 78 valence electrons. The van der Waals surface area contributed by atoms with Gasteiger partial charge in [0.1, 0.15) is 0 Å². The first-order valence-corrected chi connectivity index (χ1v) is 5.52. The fourth-order valence-electron chi connectivity index (χ4n) is 0.777. The first kappa shape index (κ1) is 11.3. The lowest BCUT2D eigenvalue weighted by Gasteiger charge is -2.03. The van der Waals surface area contributed by atoms with Gasteiger partial charge in [-0.25, -0.2) is 26.6 Å². The molecule has 1 rings (SSSR count). The second-order valence-corrected chi connectivity index (χ2v) is 4.74. The molecular formula is C6H3ClF3NO2S. The van der Waals surface area contributed by atoms with Crippen LogP contribution in [0.2, 0.25) is 0 Å². The van der Waals surface area contributed by atoms with Crippen LogP contribution in [0.5, 0.6) is 0 Å². The van der Waals surface area contributed by atoms with Crippen LogP contribution >= 0.6 is 10.7 Å². The third-order valence-corrected chi connectivity index (χ3v) is 2.54. The van der Waals surface area contributed by atoms with E-state index in [-0.39, 0.29) is 0 Å². The van der Waals surface area contributed by atoms with Crippen molar-refractivity contribution in [3.63, 3.8) is 0 Å². The molecular weight excluding hydrogens is 243 g/mol. The van der Waals surface area contributed by atoms with Crippen LogP contribution < -0.4 is 0 Å². The number of pyridine rings is 1. The van der Waals surface area contributed by atoms with Gasteiger partial charge in [-0.3, -0.25) is 0 Å². The van der Waals surface area contributed by atoms with Gasteiger partial charge in [0.2, 0.25) is 5.03 Å². The van der Waals surface area contributed by atoms with E-state index in [1.165, 1.54) is 0 Å². The summed E-state index contributed by atoms with van der Waals surface area (Å²) in [5.74, 6) is -1.61. The molecule has 1 aromatic heterocycles. The molecule has 0 aliphatic heterocycles. The van der Waals surface area contributed by atoms with Crippen LogP contribution in [0.25, 0.3) is 0 Å². The molecule has 1 aromatic rings. The zero-order valence-corrected chi connectivity index (χ0v) is 7.99. The van der Waals surface area contributed by atoms with Crippen LogP contribution in [-0.2, 0) is 9.05 Å². The van der Waals surface area contributed by atoms with E-state index in [0.29, 0.717) is 6.07 Å². The van der Waals surface area contributed by atoms with E-state index >= 15 is 0 Å². The van der Waals surface area contributed by atoms with Crippen molar-refractivity contribution >= 4 is 19.7 Å². The molecule has 0 aromatic carbocycles. The molecule has 14 heavy (non-hydrogen) atoms. The minimum atomic E-state index is -4.44. The Labute approximate surface area is 81.9 Å². The molecule has 0 radical (unpaired) electrons. The third kappa shape index (κ3) is 2.16. The minimum Gasteiger partial charge on any atom is -0.241 e. The monoisotopic (exact) mass is 245 g/mol. The Hall–Kier alpha value is -0.820. The summed E-state index contributed by atoms with van der Waals surface area (Å²) < 4.78 is 58.5. The molecule has 0 saturated carbocycles. The maximum atomic E-state index is 13.0. The molecule has 0 aliphatic carbocycles. The van der Waals surface area contributed by atoms with Gasteiger partial charge < -0.3 is 0 Å². The van der Waals surface area contributed by atoms with E-state index in [1.807, 2.05) is 0 Å². The molecule has 0 bridgehead atoms. The Morgan fingerprint density at radius 2 is 2.00 bits per heavy atom. The summed E-state index contributed by atoms with van der Waals surface area (Å²) in [5.41, 5.74) is -1.04. The van der Waals surface area contributed by atoms with Crippen molar-refractivity contribution in [2.45, 2.75) is 11.5 Å². The first-order valence-electron chi connectivity index (χ1n) is 3.21. The molecule has 8 heteroatoms. The van der Waals surface area contributed by atoms with Gasteiger partial charge in [-0.15, -0.1) is 0 Å². The highest BCUT2D eigenvalue weighted by Crippen LogP contribution is 2.26. The van der Waals surface area contributed by atoms with Crippen LogP contribution in [0.3, 0.4) is 0 Å². The molecule has 1 heterocycles. The smallest absolute Gasteiger partial charge is 0.241 e. The maximum absolute atomic E-state index is 13.0. The van der Waals surface area contributed by atoms with Crippen LogP contribution in [-0.4, -0.2) is 13.4 Å². The lowest BCUT2D eigenvalue weighted by Crippen LogP contribution is -2.03. The summed E-state index contributed by atoms with van der Waals surface area (Å²) >= 11 is 0. The van der Waals surface area contributed by atoms with E-state index < -0.39 is 31.9 Å². The van der Waals surface area contributed by atoms with Crippen LogP contribution in [0, 0.1) is 5.82 Å². The normalized spacial score (nSPS) is 12.1. The molecule has 0 saturated heterocycles. The highest BCUT2D eigenvalue weighted by Gasteiger charge is 2.24. The first-order chi connectivity index (χ1) is 6.34. The van der Waals surface area contributed by atoms with Gasteiger partial charge in [-0.05, 0) is 6.07 Å². The molecule has 0 fully saturated rings. The molecule has 3 nitrogen and oxygen atoms in total. The van der Waals surface area contributed by atoms with Crippen molar-refractivity contribution in [1.82, 2.24) is 4.98 Å². The summed E-state index contributed by atoms with van der Waals surface area (Å²) in [6.07, 6.45) is -2.37. The van der Waals surface area contributed by atoms with E-state index in [2.05, 4.69) is 4.98 Å². The molecule has 0 amide bonds. The molecule has 0 unspecified atom stereocenters. The fourth-order valence-corrected chi connectivity index (χ4v) is 1.62. The quantitative estimate of drug-likeness (QED) is 0.750. The van der Waals surface area contributed by atoms with E-state index in [4.69, 9.17) is 10.7 Å². The summed E-state index contributed by atoms with van der Waals surface area (Å²) in [7, 11) is 0.329. The van der Waals surface area contributed by atoms with Gasteiger partial charge in [0.15, 0.2) is 5.82 Å². The lowest BCUT2D eigenvalue weighted by molar-refractivity contribution is 0.145. The van der Waals surface area contributed by atoms with Crippen molar-refractivity contribution in [3.05, 3.63) is 23.6 Å². The Balaban J connectivity index is 3.43. The summed E-state index contributed by atoms with van der Waals surface area (Å²) in [5, 5.41) is -1.18. The lowest BCUT2D eigenvalue weighted by atomic mass is 10.3. The molecule has 0 spiro atoms. The summed E-state index contributed by atoms with van der Waals surface area (Å²) in [4.78, 5) is 3.06. The van der Waals surface area contributed by atoms with Crippen molar-refractivity contribution in [1.29, 1.82) is 0 Å². The highest BCUT2D eigenvalue weighted by molar-refractivity contribution is 8.13. The van der Waals surface area contributed by atoms with Gasteiger partial charge in [-0.1, -0.05) is 0 Å². The van der Waals surface area contributed by atoms with Gasteiger partial charge in [0.25, 0.3) is 15.5 Å². The number of hydrogen-bond donors (Lipinski definition) is 0. The van der Waals surface area contributed by atoms with E-state index in [0.717, 1.165) is 6.20 Å². The van der Waals surface area contributed by atoms with Crippen LogP contribution in [0.4, 0.5) is 13.2 Å². The number of aromatic nitrogens is 1. The molecule has 0 atom stereocenters. The van der Waals surface area contributed by atoms with Crippen LogP contribution in [0.1, 0.15) is 12.0 Å². The fraction of sp³-hybridized carbons (Fsp3) is 0.167. The van der Waals surface area contributed by atoms with Crippen LogP contribution in [0.15, 0.2) is 17.3 Å². The average molecular weight is 246 g/mol. The summed E-state index contributed by atoms with van der Waals surface area (Å²) in [6.45, 7) is 0. The second-order valence-electron chi connectivity index (χ2n) is 2.26. The Morgan fingerprint density at radius 3 is 2.43 bits per heavy atom. The predicted octanol–water partition coefficient (Wildman–Crippen LogP) is 2.09. The largest absolute Gasteiger partial charge is 0.281 e. The van der Waals surface area contributed by atoms with Crippen molar-refractivity contribution in [3.8, 4) is 0 Å². The number of hydrogen-bond acceptors (Lipinski definition) is 3. The maximum Gasteiger partial charge on any atom is 0.281 e. The van der Waals surface area contributed by atoms with E-state index in [1.54, 1.807) is 0 Å². The van der Waals surface area contributed by atoms with Crippen molar-refractivity contribution in [2.75, 3.05) is 0 Å². The number of rotatable bonds is 2. The predicted molar refractivity (Wildman–Crippen MR) is 42.2 cm³/mol. The molecule has 0 N–H and O–H groups in total. The SMILES string of the molecule is O=S(=O)(Cl)c1nccc(C(F)F)c1F. The van der Waals surface area contributed by atoms with E-state index in [9.17, 15) is 21.6 Å². The second kappa shape index (κ2) is 3.74. The molecule has 0 aliphatic rings. The zero-order valence-electron chi connectivity index (χ0n) is 6.42. The average Bonchev–Trinajstić information content (AvgIpc) is 2.01. The number of alkyl halides is 2. The third-order valence-electron chi connectivity index (χ3n) is 1.35. The highest BCUT2D eigenvalue weighted by atomic mass is 35.7. The standard InChI is InChI=1S/C6H3ClF3NO2S/c7-14(12,13)6-4(8)3(5(9)10)1-2-11-6/h1-2,5H. The summed E-state index contributed by atoms with van der Waals surface area (Å²) in [6, 6.07) is 0.686. The Morgan fingerprint density at radius 1 is 1.43 bits per heavy atom. The van der Waals surface area contributed by atoms with Gasteiger partial charge in [-0.2, -0.15) is 0 Å². The number of halogens is 4. The van der Waals surface area contributed by atoms with Gasteiger partial charge >= 0.3 is 0 Å². The Bertz CT molecular complexity index is 448. The Kier molecular flexibility index (Phi) is 3.01. The van der Waals surface area contributed by atoms with Crippen molar-refractivity contribution < 1.29 is 21.6 Å². The minimum absolute atomic E-state index is 0.686.